The van der Waals surface area contributed by atoms with Crippen LogP contribution in [0.2, 0.25) is 0 Å². The molecule has 0 saturated heterocycles. The van der Waals surface area contributed by atoms with E-state index in [4.69, 9.17) is 39.0 Å². The second-order valence-corrected chi connectivity index (χ2v) is 26.6. The Morgan fingerprint density at radius 3 is 1.60 bits per heavy atom. The fourth-order valence-electron chi connectivity index (χ4n) is 17.6. The minimum absolute atomic E-state index is 0.248. The number of anilines is 4. The molecule has 3 unspecified atom stereocenters. The molecule has 8 fully saturated rings. The Hall–Kier alpha value is -7.91. The number of benzene rings is 5. The molecule has 3 atom stereocenters. The summed E-state index contributed by atoms with van der Waals surface area (Å²) >= 11 is 7.29. The number of methoxy groups -OCH3 is 2. The highest BCUT2D eigenvalue weighted by Gasteiger charge is 2.65. The van der Waals surface area contributed by atoms with Gasteiger partial charge in [0.25, 0.3) is 5.70 Å². The van der Waals surface area contributed by atoms with Gasteiger partial charge in [0.1, 0.15) is 17.3 Å². The van der Waals surface area contributed by atoms with Crippen LogP contribution in [0.5, 0.6) is 11.5 Å². The molecule has 1 heterocycles. The Bertz CT molecular complexity index is 3660. The number of alkyl halides is 3. The van der Waals surface area contributed by atoms with Crippen LogP contribution in [0.1, 0.15) is 113 Å². The molecular weight excluding hydrogens is 1100 g/mol. The molecule has 0 spiro atoms. The van der Waals surface area contributed by atoms with Gasteiger partial charge in [-0.25, -0.2) is 15.0 Å². The highest BCUT2D eigenvalue weighted by atomic mass is 35.5. The van der Waals surface area contributed by atoms with Crippen LogP contribution in [0.25, 0.3) is 15.3 Å². The summed E-state index contributed by atoms with van der Waals surface area (Å²) < 4.78 is 64.1. The number of rotatable bonds is 16. The van der Waals surface area contributed by atoms with Crippen molar-refractivity contribution in [1.29, 1.82) is 5.26 Å². The Labute approximate surface area is 509 Å². The van der Waals surface area contributed by atoms with E-state index in [0.29, 0.717) is 23.4 Å². The lowest BCUT2D eigenvalue weighted by Gasteiger charge is -2.58. The summed E-state index contributed by atoms with van der Waals surface area (Å²) in [4.78, 5) is 11.7. The third-order valence-electron chi connectivity index (χ3n) is 20.8. The zero-order valence-corrected chi connectivity index (χ0v) is 49.6. The predicted octanol–water partition coefficient (Wildman–Crippen LogP) is 19.3. The number of hydrogen-bond acceptors (Lipinski definition) is 6. The van der Waals surface area contributed by atoms with Gasteiger partial charge in [0.15, 0.2) is 0 Å². The molecule has 1 aliphatic heterocycles. The van der Waals surface area contributed by atoms with E-state index in [1.165, 1.54) is 120 Å². The van der Waals surface area contributed by atoms with Crippen molar-refractivity contribution in [1.82, 2.24) is 0 Å². The van der Waals surface area contributed by atoms with Gasteiger partial charge in [0, 0.05) is 52.0 Å². The van der Waals surface area contributed by atoms with Crippen LogP contribution in [0, 0.1) is 70.8 Å². The van der Waals surface area contributed by atoms with Crippen molar-refractivity contribution in [2.75, 3.05) is 37.1 Å². The van der Waals surface area contributed by atoms with Crippen LogP contribution in [0.15, 0.2) is 191 Å². The molecule has 0 radical (unpaired) electrons. The molecule has 9 aliphatic carbocycles. The molecule has 5 aromatic rings. The van der Waals surface area contributed by atoms with E-state index in [1.807, 2.05) is 6.08 Å². The molecule has 15 rings (SSSR count). The first kappa shape index (κ1) is 57.2. The number of ether oxygens (including phenoxy) is 3. The SMILES string of the molecule is [C-]#[N+]C1=C(/C=C/C2=C(Cl)C(=C/C=C(/c3ccc(N(CC45CCC6CC(CC(C6)C4)C5)c4ccc(OC)cc4)cc3)c3ccc(N(CC45CC6CC(CC(C6)C4)C5)c4ccc(OC)cc4)cc3)/CC2)C(c2ccccc2)(C(F)(F)F)O/C1=C(\C#N)[N+]#[C-]. The van der Waals surface area contributed by atoms with Crippen molar-refractivity contribution >= 4 is 39.9 Å². The van der Waals surface area contributed by atoms with Crippen LogP contribution in [0.3, 0.4) is 0 Å². The van der Waals surface area contributed by atoms with Crippen molar-refractivity contribution in [2.45, 2.75) is 108 Å². The quantitative estimate of drug-likeness (QED) is 0.0724. The summed E-state index contributed by atoms with van der Waals surface area (Å²) in [5.74, 6) is 5.89. The molecule has 10 aliphatic rings. The van der Waals surface area contributed by atoms with E-state index < -0.39 is 34.5 Å². The summed E-state index contributed by atoms with van der Waals surface area (Å²) in [6, 6.07) is 43.6. The highest BCUT2D eigenvalue weighted by molar-refractivity contribution is 6.33. The number of hydrogen-bond donors (Lipinski definition) is 0. The third kappa shape index (κ3) is 10.7. The van der Waals surface area contributed by atoms with Gasteiger partial charge >= 0.3 is 6.18 Å². The number of allylic oxidation sites excluding steroid dienone is 7. The molecule has 8 bridgehead atoms. The third-order valence-corrected chi connectivity index (χ3v) is 21.3. The van der Waals surface area contributed by atoms with Gasteiger partial charge in [-0.2, -0.15) is 13.2 Å². The normalized spacial score (nSPS) is 29.2. The van der Waals surface area contributed by atoms with E-state index in [0.717, 1.165) is 105 Å². The van der Waals surface area contributed by atoms with Gasteiger partial charge in [-0.15, -0.1) is 0 Å². The topological polar surface area (TPSA) is 66.7 Å². The first-order valence-electron chi connectivity index (χ1n) is 30.7. The van der Waals surface area contributed by atoms with Crippen LogP contribution >= 0.6 is 11.6 Å². The smallest absolute Gasteiger partial charge is 0.435 e. The van der Waals surface area contributed by atoms with Crippen LogP contribution in [0.4, 0.5) is 35.9 Å². The first-order valence-corrected chi connectivity index (χ1v) is 31.1. The molecule has 0 N–H and O–H groups in total. The average Bonchev–Trinajstić information content (AvgIpc) is 1.62. The Morgan fingerprint density at radius 2 is 1.14 bits per heavy atom. The second kappa shape index (κ2) is 23.1. The second-order valence-electron chi connectivity index (χ2n) is 26.2. The summed E-state index contributed by atoms with van der Waals surface area (Å²) in [5, 5.41) is 10.2. The van der Waals surface area contributed by atoms with Crippen molar-refractivity contribution in [3.63, 3.8) is 0 Å². The van der Waals surface area contributed by atoms with Crippen LogP contribution in [-0.4, -0.2) is 33.5 Å². The Morgan fingerprint density at radius 1 is 0.663 bits per heavy atom. The van der Waals surface area contributed by atoms with E-state index >= 15 is 13.2 Å². The minimum atomic E-state index is -5.10. The van der Waals surface area contributed by atoms with Crippen LogP contribution < -0.4 is 19.3 Å². The summed E-state index contributed by atoms with van der Waals surface area (Å²) in [6.07, 6.45) is 20.0. The fraction of sp³-hybridized carbons (Fsp3) is 0.392. The summed E-state index contributed by atoms with van der Waals surface area (Å²) in [7, 11) is 3.42. The zero-order chi connectivity index (χ0) is 59.4. The van der Waals surface area contributed by atoms with Crippen molar-refractivity contribution in [3.05, 3.63) is 230 Å². The molecule has 438 valence electrons. The summed E-state index contributed by atoms with van der Waals surface area (Å²) in [5.41, 5.74) is 4.18. The Balaban J connectivity index is 0.881. The number of halogens is 4. The van der Waals surface area contributed by atoms with Gasteiger partial charge < -0.3 is 24.0 Å². The largest absolute Gasteiger partial charge is 0.497 e. The monoisotopic (exact) mass is 1170 g/mol. The lowest BCUT2D eigenvalue weighted by Crippen LogP contribution is -2.50. The Kier molecular flexibility index (Phi) is 15.3. The molecule has 0 aromatic heterocycles. The average molecular weight is 1170 g/mol. The lowest BCUT2D eigenvalue weighted by molar-refractivity contribution is -0.249. The van der Waals surface area contributed by atoms with Crippen molar-refractivity contribution in [3.8, 4) is 17.6 Å². The van der Waals surface area contributed by atoms with E-state index in [9.17, 15) is 5.26 Å². The number of nitrogens with zero attached hydrogens (tertiary/aromatic N) is 5. The first-order chi connectivity index (χ1) is 41.7. The van der Waals surface area contributed by atoms with Gasteiger partial charge in [-0.3, -0.25) is 0 Å². The standard InChI is InChI=1S/C74H71ClF3N5O3/c1-80-67(45-79)70-69(81-2)66(73(86-70,74(76,77)78)58-8-6-5-7-9-58)31-17-57-11-10-56(68(57)75)16-30-65(55-14-20-60(21-15-55)83(62-24-28-64(85-4)29-25-62)47-72-42-51-37-52(43-72)39-53(38-51)44-72)54-12-18-59(19-13-54)82(61-22-26-63(84-3)27-23-61)46-71-33-32-48-34-49(40-71)36-50(35-48)41-71/h5-9,12-31,48-53H,10-11,32-44,46-47H2,3-4H3/b31-17+,56-16+,65-30-,70-67+. The molecule has 8 saturated carbocycles. The highest BCUT2D eigenvalue weighted by Crippen LogP contribution is 2.62. The number of fused-ring (bicyclic) bond motifs is 1. The van der Waals surface area contributed by atoms with E-state index in [1.54, 1.807) is 26.4 Å². The van der Waals surface area contributed by atoms with E-state index in [2.05, 4.69) is 123 Å². The molecule has 0 amide bonds. The molecule has 5 aromatic carbocycles. The van der Waals surface area contributed by atoms with Gasteiger partial charge in [0.05, 0.1) is 33.4 Å². The predicted molar refractivity (Wildman–Crippen MR) is 333 cm³/mol. The van der Waals surface area contributed by atoms with Gasteiger partial charge in [-0.1, -0.05) is 90.5 Å². The molecular formula is C74H71ClF3N5O3. The summed E-state index contributed by atoms with van der Waals surface area (Å²) in [6.45, 7) is 17.6. The van der Waals surface area contributed by atoms with E-state index in [-0.39, 0.29) is 16.4 Å². The van der Waals surface area contributed by atoms with Crippen molar-refractivity contribution in [2.24, 2.45) is 46.3 Å². The maximum Gasteiger partial charge on any atom is 0.435 e. The maximum atomic E-state index is 15.7. The maximum absolute atomic E-state index is 15.7. The lowest BCUT2D eigenvalue weighted by atomic mass is 9.49. The van der Waals surface area contributed by atoms with Gasteiger partial charge in [0.2, 0.25) is 11.3 Å². The minimum Gasteiger partial charge on any atom is -0.497 e. The molecule has 8 nitrogen and oxygen atoms in total. The molecule has 12 heteroatoms. The van der Waals surface area contributed by atoms with Crippen LogP contribution in [-0.2, 0) is 10.3 Å². The van der Waals surface area contributed by atoms with Crippen molar-refractivity contribution < 1.29 is 27.4 Å². The van der Waals surface area contributed by atoms with Gasteiger partial charge in [-0.05, 0) is 243 Å². The zero-order valence-electron chi connectivity index (χ0n) is 48.9. The fourth-order valence-corrected chi connectivity index (χ4v) is 17.9. The molecule has 86 heavy (non-hydrogen) atoms. The number of nitriles is 1.